The molecule has 0 saturated heterocycles. The Kier molecular flexibility index (Phi) is 12.3. The quantitative estimate of drug-likeness (QED) is 0.139. The van der Waals surface area contributed by atoms with Crippen molar-refractivity contribution in [3.63, 3.8) is 0 Å². The van der Waals surface area contributed by atoms with Gasteiger partial charge in [-0.2, -0.15) is 0 Å². The van der Waals surface area contributed by atoms with E-state index in [1.54, 1.807) is 5.57 Å². The van der Waals surface area contributed by atoms with Crippen molar-refractivity contribution in [1.29, 1.82) is 0 Å². The Hall–Kier alpha value is -0.390. The van der Waals surface area contributed by atoms with Crippen LogP contribution < -0.4 is 5.32 Å². The molecule has 0 radical (unpaired) electrons. The van der Waals surface area contributed by atoms with Crippen LogP contribution in [0.2, 0.25) is 0 Å². The molecule has 4 rings (SSSR count). The minimum absolute atomic E-state index is 0.0191. The molecule has 8 atom stereocenters. The first-order valence-corrected chi connectivity index (χ1v) is 19.4. The van der Waals surface area contributed by atoms with Crippen molar-refractivity contribution >= 4 is 21.8 Å². The maximum atomic E-state index is 11.6. The molecule has 5 unspecified atom stereocenters. The highest BCUT2D eigenvalue weighted by Crippen LogP contribution is 2.67. The average Bonchev–Trinajstić information content (AvgIpc) is 3.31. The van der Waals surface area contributed by atoms with Crippen molar-refractivity contribution in [1.82, 2.24) is 5.32 Å². The van der Waals surface area contributed by atoms with Crippen LogP contribution in [0.5, 0.6) is 0 Å². The van der Waals surface area contributed by atoms with Crippen LogP contribution in [0, 0.1) is 57.2 Å². The minimum Gasteiger partial charge on any atom is -0.380 e. The van der Waals surface area contributed by atoms with Gasteiger partial charge < -0.3 is 14.8 Å². The van der Waals surface area contributed by atoms with Gasteiger partial charge in [0.2, 0.25) is 5.91 Å². The van der Waals surface area contributed by atoms with Crippen molar-refractivity contribution in [3.05, 3.63) is 11.6 Å². The summed E-state index contributed by atoms with van der Waals surface area (Å²) < 4.78 is 12.8. The van der Waals surface area contributed by atoms with Gasteiger partial charge in [-0.05, 0) is 97.7 Å². The number of amides is 1. The van der Waals surface area contributed by atoms with E-state index >= 15 is 0 Å². The molecule has 0 bridgehead atoms. The molecule has 5 heteroatoms. The summed E-state index contributed by atoms with van der Waals surface area (Å²) in [6.07, 6.45) is 18.0. The number of fused-ring (bicyclic) bond motifs is 5. The summed E-state index contributed by atoms with van der Waals surface area (Å²) in [6, 6.07) is 0. The molecule has 0 aromatic heterocycles. The monoisotopic (exact) mass is 677 g/mol. The molecule has 4 nitrogen and oxygen atoms in total. The van der Waals surface area contributed by atoms with Crippen molar-refractivity contribution in [2.45, 2.75) is 139 Å². The van der Waals surface area contributed by atoms with Gasteiger partial charge in [-0.15, -0.1) is 0 Å². The van der Waals surface area contributed by atoms with Crippen LogP contribution in [0.15, 0.2) is 11.6 Å². The number of allylic oxidation sites excluding steroid dienone is 1. The highest BCUT2D eigenvalue weighted by Gasteiger charge is 2.59. The maximum absolute atomic E-state index is 11.6. The molecule has 1 amide bonds. The molecule has 4 aliphatic rings. The molecule has 0 aromatic rings. The Morgan fingerprint density at radius 1 is 0.977 bits per heavy atom. The fraction of sp³-hybridized carbons (Fsp3) is 0.923. The first-order chi connectivity index (χ1) is 20.6. The third-order valence-electron chi connectivity index (χ3n) is 12.8. The topological polar surface area (TPSA) is 47.6 Å². The molecule has 0 heterocycles. The molecule has 4 aliphatic carbocycles. The van der Waals surface area contributed by atoms with E-state index < -0.39 is 0 Å². The zero-order valence-electron chi connectivity index (χ0n) is 30.0. The summed E-state index contributed by atoms with van der Waals surface area (Å²) in [5.41, 5.74) is 2.51. The van der Waals surface area contributed by atoms with Crippen molar-refractivity contribution in [2.75, 3.05) is 31.7 Å². The third kappa shape index (κ3) is 8.55. The van der Waals surface area contributed by atoms with Gasteiger partial charge in [-0.3, -0.25) is 4.79 Å². The standard InChI is InChI=1S/C39H68BrNO3/c1-27(2)11-10-12-28(3)32-15-16-33-31-14-13-29-21-30(17-19-38(29,8)34(31)18-20-39(32,33)9)44-26-37(6,7)25-43-24-36(4,5)23-41-35(42)22-40/h13,27-28,30-34H,10-12,14-26H2,1-9H3,(H,41,42)/t28-,30?,31?,32?,33+,34+,38?,39?/m1/s1. The largest absolute Gasteiger partial charge is 0.380 e. The van der Waals surface area contributed by atoms with E-state index in [1.165, 1.54) is 64.2 Å². The van der Waals surface area contributed by atoms with E-state index in [0.717, 1.165) is 48.5 Å². The van der Waals surface area contributed by atoms with Gasteiger partial charge in [0.05, 0.1) is 31.3 Å². The Labute approximate surface area is 280 Å². The van der Waals surface area contributed by atoms with Gasteiger partial charge in [0.15, 0.2) is 0 Å². The molecular weight excluding hydrogens is 610 g/mol. The molecule has 3 saturated carbocycles. The van der Waals surface area contributed by atoms with E-state index in [0.29, 0.717) is 42.0 Å². The lowest BCUT2D eigenvalue weighted by atomic mass is 9.47. The fourth-order valence-electron chi connectivity index (χ4n) is 10.2. The predicted octanol–water partition coefficient (Wildman–Crippen LogP) is 9.99. The number of hydrogen-bond acceptors (Lipinski definition) is 3. The second-order valence-corrected chi connectivity index (χ2v) is 18.8. The van der Waals surface area contributed by atoms with E-state index in [-0.39, 0.29) is 16.7 Å². The minimum atomic E-state index is -0.102. The molecule has 0 spiro atoms. The van der Waals surface area contributed by atoms with Crippen LogP contribution >= 0.6 is 15.9 Å². The molecular formula is C39H68BrNO3. The Bertz CT molecular complexity index is 990. The van der Waals surface area contributed by atoms with Gasteiger partial charge >= 0.3 is 0 Å². The number of carbonyl (C=O) groups excluding carboxylic acids is 1. The highest BCUT2D eigenvalue weighted by molar-refractivity contribution is 9.09. The van der Waals surface area contributed by atoms with Gasteiger partial charge in [-0.1, -0.05) is 109 Å². The van der Waals surface area contributed by atoms with Gasteiger partial charge in [0, 0.05) is 17.4 Å². The highest BCUT2D eigenvalue weighted by atomic mass is 79.9. The molecule has 1 N–H and O–H groups in total. The van der Waals surface area contributed by atoms with Gasteiger partial charge in [0.1, 0.15) is 0 Å². The summed E-state index contributed by atoms with van der Waals surface area (Å²) in [6.45, 7) is 24.1. The Balaban J connectivity index is 1.28. The lowest BCUT2D eigenvalue weighted by Crippen LogP contribution is -2.51. The van der Waals surface area contributed by atoms with Crippen molar-refractivity contribution < 1.29 is 14.3 Å². The molecule has 0 aromatic carbocycles. The summed E-state index contributed by atoms with van der Waals surface area (Å²) in [7, 11) is 0. The zero-order valence-corrected chi connectivity index (χ0v) is 31.6. The maximum Gasteiger partial charge on any atom is 0.230 e. The van der Waals surface area contributed by atoms with E-state index in [2.05, 4.69) is 89.6 Å². The van der Waals surface area contributed by atoms with Crippen LogP contribution in [0.3, 0.4) is 0 Å². The number of hydrogen-bond donors (Lipinski definition) is 1. The van der Waals surface area contributed by atoms with Crippen LogP contribution in [0.25, 0.3) is 0 Å². The number of ether oxygens (including phenoxy) is 2. The molecule has 254 valence electrons. The number of halogens is 1. The third-order valence-corrected chi connectivity index (χ3v) is 13.4. The number of alkyl halides is 1. The Morgan fingerprint density at radius 3 is 2.41 bits per heavy atom. The first-order valence-electron chi connectivity index (χ1n) is 18.3. The summed E-state index contributed by atoms with van der Waals surface area (Å²) in [5.74, 6) is 5.35. The Morgan fingerprint density at radius 2 is 1.70 bits per heavy atom. The van der Waals surface area contributed by atoms with Gasteiger partial charge in [0.25, 0.3) is 0 Å². The second-order valence-electron chi connectivity index (χ2n) is 18.2. The van der Waals surface area contributed by atoms with Crippen LogP contribution in [-0.4, -0.2) is 43.7 Å². The normalized spacial score (nSPS) is 34.6. The number of carbonyl (C=O) groups is 1. The molecule has 44 heavy (non-hydrogen) atoms. The fourth-order valence-corrected chi connectivity index (χ4v) is 10.4. The summed E-state index contributed by atoms with van der Waals surface area (Å²) in [4.78, 5) is 11.6. The zero-order chi connectivity index (χ0) is 32.3. The molecule has 3 fully saturated rings. The van der Waals surface area contributed by atoms with Crippen LogP contribution in [0.1, 0.15) is 133 Å². The molecule has 0 aliphatic heterocycles. The van der Waals surface area contributed by atoms with Crippen molar-refractivity contribution in [3.8, 4) is 0 Å². The number of nitrogens with one attached hydrogen (secondary N) is 1. The van der Waals surface area contributed by atoms with Crippen LogP contribution in [0.4, 0.5) is 0 Å². The summed E-state index contributed by atoms with van der Waals surface area (Å²) >= 11 is 3.21. The smallest absolute Gasteiger partial charge is 0.230 e. The number of rotatable bonds is 15. The SMILES string of the molecule is CC(C)CCC[C@@H](C)C1CC[C@H]2C3CC=C4CC(OCC(C)(C)COCC(C)(C)CNC(=O)CBr)CCC4(C)[C@H]3CCC12C. The van der Waals surface area contributed by atoms with E-state index in [4.69, 9.17) is 9.47 Å². The first kappa shape index (κ1) is 36.4. The predicted molar refractivity (Wildman–Crippen MR) is 188 cm³/mol. The van der Waals surface area contributed by atoms with Crippen molar-refractivity contribution in [2.24, 2.45) is 57.2 Å². The second kappa shape index (κ2) is 14.8. The summed E-state index contributed by atoms with van der Waals surface area (Å²) in [5, 5.41) is 3.30. The van der Waals surface area contributed by atoms with E-state index in [1.807, 2.05) is 0 Å². The average molecular weight is 679 g/mol. The van der Waals surface area contributed by atoms with E-state index in [9.17, 15) is 4.79 Å². The van der Waals surface area contributed by atoms with Crippen LogP contribution in [-0.2, 0) is 14.3 Å². The lowest BCUT2D eigenvalue weighted by molar-refractivity contribution is -0.119. The van der Waals surface area contributed by atoms with Gasteiger partial charge in [-0.25, -0.2) is 0 Å². The lowest BCUT2D eigenvalue weighted by Gasteiger charge is -2.58.